The van der Waals surface area contributed by atoms with Gasteiger partial charge in [0.15, 0.2) is 0 Å². The number of carbonyl (C=O) groups excluding carboxylic acids is 1. The maximum atomic E-state index is 12.4. The number of carbonyl (C=O) groups is 1. The van der Waals surface area contributed by atoms with E-state index in [1.807, 2.05) is 26.0 Å². The van der Waals surface area contributed by atoms with Gasteiger partial charge >= 0.3 is 0 Å². The Morgan fingerprint density at radius 3 is 2.09 bits per heavy atom. The van der Waals surface area contributed by atoms with Crippen LogP contribution in [0.4, 0.5) is 5.69 Å². The number of piperazine rings is 1. The molecule has 0 atom stereocenters. The van der Waals surface area contributed by atoms with Crippen LogP contribution in [0.1, 0.15) is 12.5 Å². The molecule has 0 aromatic heterocycles. The topological polar surface area (TPSA) is 30.0 Å². The summed E-state index contributed by atoms with van der Waals surface area (Å²) < 4.78 is 0. The van der Waals surface area contributed by atoms with Gasteiger partial charge < -0.3 is 14.7 Å². The Labute approximate surface area is 140 Å². The van der Waals surface area contributed by atoms with Crippen molar-refractivity contribution in [2.75, 3.05) is 65.3 Å². The van der Waals surface area contributed by atoms with Gasteiger partial charge in [0.2, 0.25) is 5.91 Å². The maximum absolute atomic E-state index is 12.4. The zero-order valence-corrected chi connectivity index (χ0v) is 15.0. The average Bonchev–Trinajstić information content (AvgIpc) is 2.56. The Bertz CT molecular complexity index is 492. The van der Waals surface area contributed by atoms with Crippen molar-refractivity contribution in [1.29, 1.82) is 0 Å². The number of amides is 1. The van der Waals surface area contributed by atoms with Crippen molar-refractivity contribution in [2.45, 2.75) is 13.5 Å². The quantitative estimate of drug-likeness (QED) is 0.792. The molecule has 0 radical (unpaired) electrons. The second-order valence-electron chi connectivity index (χ2n) is 6.52. The minimum absolute atomic E-state index is 0.201. The van der Waals surface area contributed by atoms with Gasteiger partial charge in [0, 0.05) is 59.6 Å². The molecule has 0 saturated carbocycles. The van der Waals surface area contributed by atoms with Crippen LogP contribution >= 0.6 is 0 Å². The lowest BCUT2D eigenvalue weighted by Gasteiger charge is -2.34. The highest BCUT2D eigenvalue weighted by Gasteiger charge is 2.19. The fourth-order valence-corrected chi connectivity index (χ4v) is 2.84. The van der Waals surface area contributed by atoms with Crippen LogP contribution in [-0.2, 0) is 11.3 Å². The van der Waals surface area contributed by atoms with Crippen LogP contribution in [0.25, 0.3) is 0 Å². The molecule has 1 saturated heterocycles. The van der Waals surface area contributed by atoms with E-state index >= 15 is 0 Å². The van der Waals surface area contributed by atoms with Crippen LogP contribution in [0.5, 0.6) is 0 Å². The smallest absolute Gasteiger partial charge is 0.236 e. The fourth-order valence-electron chi connectivity index (χ4n) is 2.84. The van der Waals surface area contributed by atoms with Gasteiger partial charge in [-0.3, -0.25) is 9.69 Å². The molecule has 0 aliphatic carbocycles. The van der Waals surface area contributed by atoms with Crippen LogP contribution in [0.15, 0.2) is 24.3 Å². The molecule has 5 nitrogen and oxygen atoms in total. The maximum Gasteiger partial charge on any atom is 0.236 e. The Kier molecular flexibility index (Phi) is 6.42. The molecule has 1 aromatic carbocycles. The van der Waals surface area contributed by atoms with E-state index < -0.39 is 0 Å². The Morgan fingerprint density at radius 1 is 1.00 bits per heavy atom. The predicted molar refractivity (Wildman–Crippen MR) is 95.8 cm³/mol. The van der Waals surface area contributed by atoms with Crippen LogP contribution in [0.3, 0.4) is 0 Å². The summed E-state index contributed by atoms with van der Waals surface area (Å²) in [7, 11) is 5.95. The molecule has 128 valence electrons. The molecule has 1 aliphatic heterocycles. The van der Waals surface area contributed by atoms with Crippen molar-refractivity contribution < 1.29 is 4.79 Å². The van der Waals surface area contributed by atoms with Crippen molar-refractivity contribution >= 4 is 11.6 Å². The third kappa shape index (κ3) is 5.22. The van der Waals surface area contributed by atoms with E-state index in [0.717, 1.165) is 32.7 Å². The van der Waals surface area contributed by atoms with Crippen LogP contribution in [-0.4, -0.2) is 81.0 Å². The van der Waals surface area contributed by atoms with E-state index in [1.165, 1.54) is 11.3 Å². The first kappa shape index (κ1) is 17.8. The van der Waals surface area contributed by atoms with Gasteiger partial charge in [0.25, 0.3) is 0 Å². The Hall–Kier alpha value is -1.59. The normalized spacial score (nSPS) is 16.3. The zero-order chi connectivity index (χ0) is 16.8. The first-order chi connectivity index (χ1) is 11.0. The molecule has 1 amide bonds. The van der Waals surface area contributed by atoms with Gasteiger partial charge in [-0.05, 0) is 24.2 Å². The first-order valence-corrected chi connectivity index (χ1v) is 8.44. The van der Waals surface area contributed by atoms with Gasteiger partial charge in [0.1, 0.15) is 0 Å². The SMILES string of the molecule is CCN1CCN(CC(=O)N(C)Cc2ccc(N(C)C)cc2)CC1. The summed E-state index contributed by atoms with van der Waals surface area (Å²) in [6.45, 7) is 8.61. The molecule has 5 heteroatoms. The van der Waals surface area contributed by atoms with E-state index in [4.69, 9.17) is 0 Å². The van der Waals surface area contributed by atoms with Gasteiger partial charge in [-0.25, -0.2) is 0 Å². The largest absolute Gasteiger partial charge is 0.378 e. The van der Waals surface area contributed by atoms with E-state index in [9.17, 15) is 4.79 Å². The lowest BCUT2D eigenvalue weighted by Crippen LogP contribution is -2.49. The summed E-state index contributed by atoms with van der Waals surface area (Å²) in [5.41, 5.74) is 2.35. The molecule has 0 unspecified atom stereocenters. The molecular weight excluding hydrogens is 288 g/mol. The highest BCUT2D eigenvalue weighted by molar-refractivity contribution is 5.78. The molecule has 1 heterocycles. The van der Waals surface area contributed by atoms with E-state index in [-0.39, 0.29) is 5.91 Å². The predicted octanol–water partition coefficient (Wildman–Crippen LogP) is 1.35. The van der Waals surface area contributed by atoms with Crippen molar-refractivity contribution in [3.63, 3.8) is 0 Å². The minimum Gasteiger partial charge on any atom is -0.378 e. The number of likely N-dealkylation sites (N-methyl/N-ethyl adjacent to an activating group) is 2. The van der Waals surface area contributed by atoms with Gasteiger partial charge in [0.05, 0.1) is 6.54 Å². The summed E-state index contributed by atoms with van der Waals surface area (Å²) >= 11 is 0. The van der Waals surface area contributed by atoms with Crippen LogP contribution in [0.2, 0.25) is 0 Å². The third-order valence-electron chi connectivity index (χ3n) is 4.57. The summed E-state index contributed by atoms with van der Waals surface area (Å²) in [5.74, 6) is 0.201. The van der Waals surface area contributed by atoms with Crippen molar-refractivity contribution in [1.82, 2.24) is 14.7 Å². The van der Waals surface area contributed by atoms with E-state index in [2.05, 4.69) is 45.9 Å². The number of hydrogen-bond acceptors (Lipinski definition) is 4. The number of anilines is 1. The standard InChI is InChI=1S/C18H30N4O/c1-5-21-10-12-22(13-11-21)15-18(23)20(4)14-16-6-8-17(9-7-16)19(2)3/h6-9H,5,10-15H2,1-4H3. The highest BCUT2D eigenvalue weighted by Crippen LogP contribution is 2.13. The van der Waals surface area contributed by atoms with Crippen molar-refractivity contribution in [3.05, 3.63) is 29.8 Å². The number of nitrogens with zero attached hydrogens (tertiary/aromatic N) is 4. The second kappa shape index (κ2) is 8.31. The van der Waals surface area contributed by atoms with Gasteiger partial charge in [-0.1, -0.05) is 19.1 Å². The fraction of sp³-hybridized carbons (Fsp3) is 0.611. The third-order valence-corrected chi connectivity index (χ3v) is 4.57. The zero-order valence-electron chi connectivity index (χ0n) is 15.0. The molecule has 1 aromatic rings. The lowest BCUT2D eigenvalue weighted by molar-refractivity contribution is -0.132. The average molecular weight is 318 g/mol. The highest BCUT2D eigenvalue weighted by atomic mass is 16.2. The second-order valence-corrected chi connectivity index (χ2v) is 6.52. The number of benzene rings is 1. The van der Waals surface area contributed by atoms with Crippen molar-refractivity contribution in [3.8, 4) is 0 Å². The van der Waals surface area contributed by atoms with Crippen LogP contribution < -0.4 is 4.90 Å². The number of rotatable bonds is 6. The van der Waals surface area contributed by atoms with Gasteiger partial charge in [-0.2, -0.15) is 0 Å². The Morgan fingerprint density at radius 2 is 1.57 bits per heavy atom. The molecule has 2 rings (SSSR count). The molecular formula is C18H30N4O. The molecule has 1 fully saturated rings. The molecule has 0 N–H and O–H groups in total. The summed E-state index contributed by atoms with van der Waals surface area (Å²) in [6.07, 6.45) is 0. The Balaban J connectivity index is 1.80. The van der Waals surface area contributed by atoms with Crippen LogP contribution in [0, 0.1) is 0 Å². The summed E-state index contributed by atoms with van der Waals surface area (Å²) in [5, 5.41) is 0. The van der Waals surface area contributed by atoms with E-state index in [1.54, 1.807) is 0 Å². The van der Waals surface area contributed by atoms with E-state index in [0.29, 0.717) is 13.1 Å². The lowest BCUT2D eigenvalue weighted by atomic mass is 10.2. The number of hydrogen-bond donors (Lipinski definition) is 0. The first-order valence-electron chi connectivity index (χ1n) is 8.44. The van der Waals surface area contributed by atoms with Gasteiger partial charge in [-0.15, -0.1) is 0 Å². The summed E-state index contributed by atoms with van der Waals surface area (Å²) in [4.78, 5) is 21.0. The minimum atomic E-state index is 0.201. The molecule has 0 bridgehead atoms. The molecule has 23 heavy (non-hydrogen) atoms. The monoisotopic (exact) mass is 318 g/mol. The molecule has 0 spiro atoms. The summed E-state index contributed by atoms with van der Waals surface area (Å²) in [6, 6.07) is 8.38. The molecule has 1 aliphatic rings. The van der Waals surface area contributed by atoms with Crippen molar-refractivity contribution in [2.24, 2.45) is 0 Å².